The van der Waals surface area contributed by atoms with Crippen LogP contribution in [-0.2, 0) is 4.74 Å². The highest BCUT2D eigenvalue weighted by Gasteiger charge is 2.15. The highest BCUT2D eigenvalue weighted by Crippen LogP contribution is 2.24. The van der Waals surface area contributed by atoms with Gasteiger partial charge in [0.2, 0.25) is 0 Å². The number of rotatable bonds is 5. The lowest BCUT2D eigenvalue weighted by atomic mass is 10.1. The number of anilines is 1. The Morgan fingerprint density at radius 1 is 1.24 bits per heavy atom. The van der Waals surface area contributed by atoms with E-state index in [9.17, 15) is 5.26 Å². The van der Waals surface area contributed by atoms with Crippen LogP contribution in [0, 0.1) is 11.3 Å². The molecule has 0 atom stereocenters. The Kier molecular flexibility index (Phi) is 4.27. The SMILES string of the molecule is N#Cc1nnc2ccccc2c1NCCOC1CCCC1. The molecule has 21 heavy (non-hydrogen) atoms. The van der Waals surface area contributed by atoms with Crippen LogP contribution in [0.3, 0.4) is 0 Å². The summed E-state index contributed by atoms with van der Waals surface area (Å²) in [6.45, 7) is 1.31. The topological polar surface area (TPSA) is 70.8 Å². The number of ether oxygens (including phenoxy) is 1. The van der Waals surface area contributed by atoms with E-state index in [1.54, 1.807) is 0 Å². The molecule has 1 aliphatic rings. The van der Waals surface area contributed by atoms with Crippen molar-refractivity contribution in [2.24, 2.45) is 0 Å². The van der Waals surface area contributed by atoms with Gasteiger partial charge in [-0.05, 0) is 18.9 Å². The zero-order valence-electron chi connectivity index (χ0n) is 11.9. The van der Waals surface area contributed by atoms with Crippen molar-refractivity contribution in [3.8, 4) is 6.07 Å². The van der Waals surface area contributed by atoms with E-state index in [1.807, 2.05) is 24.3 Å². The Hall–Kier alpha value is -2.19. The molecule has 1 heterocycles. The van der Waals surface area contributed by atoms with Gasteiger partial charge in [0.15, 0.2) is 5.69 Å². The molecular formula is C16H18N4O. The van der Waals surface area contributed by atoms with Crippen LogP contribution in [0.15, 0.2) is 24.3 Å². The number of fused-ring (bicyclic) bond motifs is 1. The van der Waals surface area contributed by atoms with Crippen molar-refractivity contribution in [1.29, 1.82) is 5.26 Å². The molecule has 0 radical (unpaired) electrons. The maximum atomic E-state index is 9.18. The number of hydrogen-bond donors (Lipinski definition) is 1. The third-order valence-corrected chi connectivity index (χ3v) is 3.83. The van der Waals surface area contributed by atoms with Crippen LogP contribution in [0.5, 0.6) is 0 Å². The molecule has 5 nitrogen and oxygen atoms in total. The normalized spacial score (nSPS) is 15.2. The van der Waals surface area contributed by atoms with Gasteiger partial charge in [0.05, 0.1) is 23.9 Å². The van der Waals surface area contributed by atoms with Crippen molar-refractivity contribution in [2.45, 2.75) is 31.8 Å². The molecule has 0 saturated heterocycles. The fraction of sp³-hybridized carbons (Fsp3) is 0.438. The van der Waals surface area contributed by atoms with Crippen LogP contribution in [0.2, 0.25) is 0 Å². The highest BCUT2D eigenvalue weighted by atomic mass is 16.5. The first kappa shape index (κ1) is 13.8. The molecule has 1 aromatic carbocycles. The molecule has 1 N–H and O–H groups in total. The van der Waals surface area contributed by atoms with E-state index in [0.29, 0.717) is 24.9 Å². The molecule has 0 amide bonds. The van der Waals surface area contributed by atoms with Crippen molar-refractivity contribution in [1.82, 2.24) is 10.2 Å². The van der Waals surface area contributed by atoms with Gasteiger partial charge >= 0.3 is 0 Å². The van der Waals surface area contributed by atoms with E-state index in [2.05, 4.69) is 21.6 Å². The molecule has 1 aromatic heterocycles. The van der Waals surface area contributed by atoms with E-state index in [0.717, 1.165) is 16.6 Å². The third kappa shape index (κ3) is 3.11. The minimum Gasteiger partial charge on any atom is -0.380 e. The lowest BCUT2D eigenvalue weighted by molar-refractivity contribution is 0.0659. The van der Waals surface area contributed by atoms with Gasteiger partial charge in [-0.1, -0.05) is 31.0 Å². The van der Waals surface area contributed by atoms with Gasteiger partial charge in [0.1, 0.15) is 6.07 Å². The van der Waals surface area contributed by atoms with Gasteiger partial charge in [-0.2, -0.15) is 5.26 Å². The molecule has 0 bridgehead atoms. The van der Waals surface area contributed by atoms with Crippen LogP contribution >= 0.6 is 0 Å². The average molecular weight is 282 g/mol. The highest BCUT2D eigenvalue weighted by molar-refractivity contribution is 5.92. The van der Waals surface area contributed by atoms with E-state index in [4.69, 9.17) is 4.74 Å². The first-order valence-corrected chi connectivity index (χ1v) is 7.39. The average Bonchev–Trinajstić information content (AvgIpc) is 3.04. The minimum absolute atomic E-state index is 0.328. The quantitative estimate of drug-likeness (QED) is 0.854. The summed E-state index contributed by atoms with van der Waals surface area (Å²) in [6, 6.07) is 9.78. The summed E-state index contributed by atoms with van der Waals surface area (Å²) in [7, 11) is 0. The Morgan fingerprint density at radius 3 is 2.86 bits per heavy atom. The van der Waals surface area contributed by atoms with Crippen molar-refractivity contribution in [3.05, 3.63) is 30.0 Å². The summed E-state index contributed by atoms with van der Waals surface area (Å²) in [5.74, 6) is 0. The summed E-state index contributed by atoms with van der Waals surface area (Å²) in [6.07, 6.45) is 5.30. The summed E-state index contributed by atoms with van der Waals surface area (Å²) >= 11 is 0. The lowest BCUT2D eigenvalue weighted by Crippen LogP contribution is -2.16. The Bertz CT molecular complexity index is 659. The second-order valence-corrected chi connectivity index (χ2v) is 5.26. The third-order valence-electron chi connectivity index (χ3n) is 3.83. The van der Waals surface area contributed by atoms with Crippen LogP contribution in [0.4, 0.5) is 5.69 Å². The maximum absolute atomic E-state index is 9.18. The molecule has 1 saturated carbocycles. The molecule has 0 spiro atoms. The van der Waals surface area contributed by atoms with Crippen molar-refractivity contribution in [3.63, 3.8) is 0 Å². The number of nitrogens with zero attached hydrogens (tertiary/aromatic N) is 3. The standard InChI is InChI=1S/C16H18N4O/c17-11-15-16(13-7-3-4-8-14(13)19-20-15)18-9-10-21-12-5-1-2-6-12/h3-4,7-8,12H,1-2,5-6,9-10H2,(H,18,19). The fourth-order valence-electron chi connectivity index (χ4n) is 2.77. The Balaban J connectivity index is 1.68. The first-order valence-electron chi connectivity index (χ1n) is 7.39. The number of nitriles is 1. The van der Waals surface area contributed by atoms with Crippen molar-refractivity contribution < 1.29 is 4.74 Å². The monoisotopic (exact) mass is 282 g/mol. The number of aromatic nitrogens is 2. The van der Waals surface area contributed by atoms with Gasteiger partial charge in [-0.3, -0.25) is 0 Å². The van der Waals surface area contributed by atoms with E-state index in [1.165, 1.54) is 25.7 Å². The van der Waals surface area contributed by atoms with Gasteiger partial charge in [-0.25, -0.2) is 0 Å². The number of benzene rings is 1. The minimum atomic E-state index is 0.328. The van der Waals surface area contributed by atoms with Crippen LogP contribution in [-0.4, -0.2) is 29.5 Å². The summed E-state index contributed by atoms with van der Waals surface area (Å²) in [4.78, 5) is 0. The van der Waals surface area contributed by atoms with Gasteiger partial charge in [-0.15, -0.1) is 10.2 Å². The number of nitrogens with one attached hydrogen (secondary N) is 1. The van der Waals surface area contributed by atoms with Gasteiger partial charge in [0.25, 0.3) is 0 Å². The molecule has 108 valence electrons. The summed E-state index contributed by atoms with van der Waals surface area (Å²) < 4.78 is 5.83. The van der Waals surface area contributed by atoms with Crippen LogP contribution in [0.1, 0.15) is 31.4 Å². The zero-order valence-corrected chi connectivity index (χ0v) is 11.9. The van der Waals surface area contributed by atoms with Crippen LogP contribution < -0.4 is 5.32 Å². The molecule has 0 unspecified atom stereocenters. The first-order chi connectivity index (χ1) is 10.4. The predicted octanol–water partition coefficient (Wildman–Crippen LogP) is 2.87. The van der Waals surface area contributed by atoms with Crippen molar-refractivity contribution in [2.75, 3.05) is 18.5 Å². The molecule has 3 rings (SSSR count). The number of hydrogen-bond acceptors (Lipinski definition) is 5. The lowest BCUT2D eigenvalue weighted by Gasteiger charge is -2.13. The zero-order chi connectivity index (χ0) is 14.5. The molecule has 1 aliphatic carbocycles. The molecular weight excluding hydrogens is 264 g/mol. The van der Waals surface area contributed by atoms with E-state index in [-0.39, 0.29) is 0 Å². The van der Waals surface area contributed by atoms with E-state index >= 15 is 0 Å². The smallest absolute Gasteiger partial charge is 0.186 e. The Labute approximate surface area is 123 Å². The Morgan fingerprint density at radius 2 is 2.05 bits per heavy atom. The van der Waals surface area contributed by atoms with E-state index < -0.39 is 0 Å². The molecule has 5 heteroatoms. The largest absolute Gasteiger partial charge is 0.380 e. The second-order valence-electron chi connectivity index (χ2n) is 5.26. The second kappa shape index (κ2) is 6.51. The van der Waals surface area contributed by atoms with Gasteiger partial charge in [0, 0.05) is 11.9 Å². The van der Waals surface area contributed by atoms with Crippen molar-refractivity contribution >= 4 is 16.6 Å². The van der Waals surface area contributed by atoms with Crippen LogP contribution in [0.25, 0.3) is 10.9 Å². The summed E-state index contributed by atoms with van der Waals surface area (Å²) in [5.41, 5.74) is 1.86. The fourth-order valence-corrected chi connectivity index (χ4v) is 2.77. The predicted molar refractivity (Wildman–Crippen MR) is 81.0 cm³/mol. The molecule has 2 aromatic rings. The molecule has 1 fully saturated rings. The molecule has 0 aliphatic heterocycles. The van der Waals surface area contributed by atoms with Gasteiger partial charge < -0.3 is 10.1 Å². The summed E-state index contributed by atoms with van der Waals surface area (Å²) in [5, 5.41) is 21.4. The maximum Gasteiger partial charge on any atom is 0.186 e.